The van der Waals surface area contributed by atoms with E-state index in [1.165, 1.54) is 0 Å². The molecule has 2 nitrogen and oxygen atoms in total. The van der Waals surface area contributed by atoms with E-state index in [9.17, 15) is 4.79 Å². The van der Waals surface area contributed by atoms with Gasteiger partial charge in [0.15, 0.2) is 5.78 Å². The Morgan fingerprint density at radius 3 is 1.85 bits per heavy atom. The second-order valence-electron chi connectivity index (χ2n) is 5.11. The summed E-state index contributed by atoms with van der Waals surface area (Å²) >= 11 is 0. The molecule has 2 aliphatic rings. The van der Waals surface area contributed by atoms with E-state index in [1.54, 1.807) is 6.08 Å². The molecule has 1 fully saturated rings. The number of epoxide rings is 1. The molecule has 2 heteroatoms. The van der Waals surface area contributed by atoms with Crippen LogP contribution in [-0.4, -0.2) is 17.0 Å². The summed E-state index contributed by atoms with van der Waals surface area (Å²) in [5, 5.41) is 0. The maximum Gasteiger partial charge on any atom is 0.164 e. The SMILES string of the molecule is CC1=CC(=O)C(C)(C)C12OC2(C)C. The third-order valence-electron chi connectivity index (χ3n) is 3.61. The fourth-order valence-corrected chi connectivity index (χ4v) is 2.94. The number of hydrogen-bond donors (Lipinski definition) is 0. The van der Waals surface area contributed by atoms with E-state index in [1.807, 2.05) is 34.6 Å². The van der Waals surface area contributed by atoms with E-state index in [-0.39, 0.29) is 22.4 Å². The molecule has 0 aromatic rings. The number of ketones is 1. The Morgan fingerprint density at radius 1 is 1.23 bits per heavy atom. The summed E-state index contributed by atoms with van der Waals surface area (Å²) in [6.45, 7) is 10.0. The Labute approximate surface area is 79.0 Å². The minimum Gasteiger partial charge on any atom is -0.357 e. The van der Waals surface area contributed by atoms with Gasteiger partial charge in [-0.05, 0) is 46.3 Å². The van der Waals surface area contributed by atoms with Crippen LogP contribution in [0.15, 0.2) is 11.6 Å². The predicted octanol–water partition coefficient (Wildman–Crippen LogP) is 2.09. The zero-order chi connectivity index (χ0) is 10.1. The van der Waals surface area contributed by atoms with E-state index in [0.717, 1.165) is 5.57 Å². The highest BCUT2D eigenvalue weighted by Crippen LogP contribution is 2.64. The van der Waals surface area contributed by atoms with E-state index < -0.39 is 0 Å². The van der Waals surface area contributed by atoms with Gasteiger partial charge in [-0.1, -0.05) is 0 Å². The van der Waals surface area contributed by atoms with Gasteiger partial charge in [0.1, 0.15) is 5.60 Å². The van der Waals surface area contributed by atoms with Crippen LogP contribution in [0, 0.1) is 5.41 Å². The molecule has 1 heterocycles. The molecular weight excluding hydrogens is 164 g/mol. The molecule has 0 aromatic heterocycles. The van der Waals surface area contributed by atoms with Gasteiger partial charge in [0, 0.05) is 0 Å². The van der Waals surface area contributed by atoms with Crippen molar-refractivity contribution in [2.75, 3.05) is 0 Å². The molecule has 1 aliphatic heterocycles. The normalized spacial score (nSPS) is 39.5. The van der Waals surface area contributed by atoms with Gasteiger partial charge in [-0.15, -0.1) is 0 Å². The Hall–Kier alpha value is -0.630. The summed E-state index contributed by atoms with van der Waals surface area (Å²) in [6.07, 6.45) is 1.73. The first-order chi connectivity index (χ1) is 5.76. The molecule has 0 radical (unpaired) electrons. The van der Waals surface area contributed by atoms with Crippen molar-refractivity contribution in [3.63, 3.8) is 0 Å². The van der Waals surface area contributed by atoms with Gasteiger partial charge >= 0.3 is 0 Å². The molecule has 1 unspecified atom stereocenters. The van der Waals surface area contributed by atoms with Crippen LogP contribution in [0.3, 0.4) is 0 Å². The van der Waals surface area contributed by atoms with Gasteiger partial charge < -0.3 is 4.74 Å². The highest BCUT2D eigenvalue weighted by molar-refractivity contribution is 6.01. The van der Waals surface area contributed by atoms with Crippen molar-refractivity contribution in [1.29, 1.82) is 0 Å². The average molecular weight is 180 g/mol. The highest BCUT2D eigenvalue weighted by atomic mass is 16.6. The minimum atomic E-state index is -0.388. The number of carbonyl (C=O) groups excluding carboxylic acids is 1. The fourth-order valence-electron chi connectivity index (χ4n) is 2.94. The van der Waals surface area contributed by atoms with E-state index >= 15 is 0 Å². The second kappa shape index (κ2) is 1.90. The van der Waals surface area contributed by atoms with Crippen molar-refractivity contribution in [1.82, 2.24) is 0 Å². The van der Waals surface area contributed by atoms with E-state index in [0.29, 0.717) is 0 Å². The van der Waals surface area contributed by atoms with Gasteiger partial charge in [0.2, 0.25) is 0 Å². The lowest BCUT2D eigenvalue weighted by Gasteiger charge is -2.26. The molecule has 0 bridgehead atoms. The first-order valence-electron chi connectivity index (χ1n) is 4.69. The molecule has 0 aromatic carbocycles. The summed E-state index contributed by atoms with van der Waals surface area (Å²) in [7, 11) is 0. The highest BCUT2D eigenvalue weighted by Gasteiger charge is 2.75. The quantitative estimate of drug-likeness (QED) is 0.534. The van der Waals surface area contributed by atoms with Gasteiger partial charge in [0.05, 0.1) is 11.0 Å². The van der Waals surface area contributed by atoms with Crippen LogP contribution >= 0.6 is 0 Å². The second-order valence-corrected chi connectivity index (χ2v) is 5.11. The minimum absolute atomic E-state index is 0.177. The van der Waals surface area contributed by atoms with E-state index in [4.69, 9.17) is 4.74 Å². The number of ether oxygens (including phenoxy) is 1. The van der Waals surface area contributed by atoms with Crippen LogP contribution in [-0.2, 0) is 9.53 Å². The molecule has 13 heavy (non-hydrogen) atoms. The van der Waals surface area contributed by atoms with Crippen LogP contribution in [0.5, 0.6) is 0 Å². The largest absolute Gasteiger partial charge is 0.357 e. The number of hydrogen-bond acceptors (Lipinski definition) is 2. The number of carbonyl (C=O) groups is 1. The Kier molecular flexibility index (Phi) is 1.31. The summed E-state index contributed by atoms with van der Waals surface area (Å²) < 4.78 is 5.76. The van der Waals surface area contributed by atoms with Crippen molar-refractivity contribution in [2.24, 2.45) is 5.41 Å². The van der Waals surface area contributed by atoms with Gasteiger partial charge in [-0.25, -0.2) is 0 Å². The molecular formula is C11H16O2. The monoisotopic (exact) mass is 180 g/mol. The Bertz CT molecular complexity index is 323. The van der Waals surface area contributed by atoms with Crippen LogP contribution in [0.2, 0.25) is 0 Å². The maximum absolute atomic E-state index is 11.7. The first-order valence-corrected chi connectivity index (χ1v) is 4.69. The van der Waals surface area contributed by atoms with Crippen molar-refractivity contribution in [3.05, 3.63) is 11.6 Å². The summed E-state index contributed by atoms with van der Waals surface area (Å²) in [5.41, 5.74) is 0.188. The van der Waals surface area contributed by atoms with Gasteiger partial charge in [-0.3, -0.25) is 4.79 Å². The Morgan fingerprint density at radius 2 is 1.69 bits per heavy atom. The van der Waals surface area contributed by atoms with Gasteiger partial charge in [-0.2, -0.15) is 0 Å². The molecule has 0 N–H and O–H groups in total. The fraction of sp³-hybridized carbons (Fsp3) is 0.727. The summed E-state index contributed by atoms with van der Waals surface area (Å²) in [5.74, 6) is 0.190. The third kappa shape index (κ3) is 0.715. The van der Waals surface area contributed by atoms with Crippen molar-refractivity contribution < 1.29 is 9.53 Å². The molecule has 1 saturated heterocycles. The molecule has 0 saturated carbocycles. The van der Waals surface area contributed by atoms with Crippen molar-refractivity contribution in [2.45, 2.75) is 45.8 Å². The summed E-state index contributed by atoms with van der Waals surface area (Å²) in [6, 6.07) is 0. The lowest BCUT2D eigenvalue weighted by Crippen LogP contribution is -2.39. The van der Waals surface area contributed by atoms with Crippen LogP contribution in [0.4, 0.5) is 0 Å². The maximum atomic E-state index is 11.7. The molecule has 2 rings (SSSR count). The average Bonchev–Trinajstić information content (AvgIpc) is 2.50. The van der Waals surface area contributed by atoms with Gasteiger partial charge in [0.25, 0.3) is 0 Å². The smallest absolute Gasteiger partial charge is 0.164 e. The number of allylic oxidation sites excluding steroid dienone is 1. The summed E-state index contributed by atoms with van der Waals surface area (Å²) in [4.78, 5) is 11.7. The lowest BCUT2D eigenvalue weighted by atomic mass is 9.72. The van der Waals surface area contributed by atoms with Crippen molar-refractivity contribution in [3.8, 4) is 0 Å². The van der Waals surface area contributed by atoms with Crippen molar-refractivity contribution >= 4 is 5.78 Å². The topological polar surface area (TPSA) is 29.6 Å². The van der Waals surface area contributed by atoms with Crippen LogP contribution in [0.25, 0.3) is 0 Å². The zero-order valence-electron chi connectivity index (χ0n) is 8.89. The van der Waals surface area contributed by atoms with Crippen LogP contribution < -0.4 is 0 Å². The number of rotatable bonds is 0. The molecule has 1 spiro atoms. The predicted molar refractivity (Wildman–Crippen MR) is 50.4 cm³/mol. The molecule has 1 atom stereocenters. The standard InChI is InChI=1S/C11H16O2/c1-7-6-8(12)9(2,3)11(7)10(4,5)13-11/h6H,1-5H3. The Balaban J connectivity index is 2.53. The lowest BCUT2D eigenvalue weighted by molar-refractivity contribution is -0.123. The zero-order valence-corrected chi connectivity index (χ0v) is 8.89. The van der Waals surface area contributed by atoms with E-state index in [2.05, 4.69) is 0 Å². The van der Waals surface area contributed by atoms with Crippen LogP contribution in [0.1, 0.15) is 34.6 Å². The molecule has 1 aliphatic carbocycles. The first kappa shape index (κ1) is 8.95. The molecule has 0 amide bonds. The third-order valence-corrected chi connectivity index (χ3v) is 3.61. The molecule has 72 valence electrons.